The van der Waals surface area contributed by atoms with Crippen molar-refractivity contribution in [2.24, 2.45) is 23.5 Å². The molecule has 0 spiro atoms. The first-order valence-corrected chi connectivity index (χ1v) is 8.96. The third-order valence-electron chi connectivity index (χ3n) is 6.56. The van der Waals surface area contributed by atoms with Crippen LogP contribution < -0.4 is 11.1 Å². The molecule has 0 unspecified atom stereocenters. The summed E-state index contributed by atoms with van der Waals surface area (Å²) in [4.78, 5) is 14.8. The quantitative estimate of drug-likeness (QED) is 0.836. The highest BCUT2D eigenvalue weighted by molar-refractivity contribution is 5.75. The first-order chi connectivity index (χ1) is 10.2. The van der Waals surface area contributed by atoms with Crippen LogP contribution in [0.5, 0.6) is 0 Å². The Morgan fingerprint density at radius 2 is 1.67 bits per heavy atom. The standard InChI is InChI=1S/C17H29N3O/c18-4-5-20(15-2-1-3-15)16(21)19-17-9-12-6-13(10-17)8-14(7-12)11-17/h12-15H,1-11,18H2,(H,19,21). The van der Waals surface area contributed by atoms with E-state index in [4.69, 9.17) is 5.73 Å². The van der Waals surface area contributed by atoms with Crippen LogP contribution in [-0.4, -0.2) is 35.6 Å². The predicted octanol–water partition coefficient (Wildman–Crippen LogP) is 2.48. The van der Waals surface area contributed by atoms with Crippen LogP contribution in [0.1, 0.15) is 57.8 Å². The number of nitrogens with zero attached hydrogens (tertiary/aromatic N) is 1. The summed E-state index contributed by atoms with van der Waals surface area (Å²) >= 11 is 0. The summed E-state index contributed by atoms with van der Waals surface area (Å²) in [5.74, 6) is 2.63. The highest BCUT2D eigenvalue weighted by atomic mass is 16.2. The highest BCUT2D eigenvalue weighted by Crippen LogP contribution is 2.55. The van der Waals surface area contributed by atoms with Gasteiger partial charge in [-0.2, -0.15) is 0 Å². The molecule has 5 saturated carbocycles. The van der Waals surface area contributed by atoms with E-state index in [9.17, 15) is 4.79 Å². The van der Waals surface area contributed by atoms with Crippen molar-refractivity contribution >= 4 is 6.03 Å². The van der Waals surface area contributed by atoms with Gasteiger partial charge in [0.2, 0.25) is 0 Å². The van der Waals surface area contributed by atoms with Crippen LogP contribution in [0.4, 0.5) is 4.79 Å². The molecule has 5 aliphatic carbocycles. The minimum atomic E-state index is 0.127. The fourth-order valence-corrected chi connectivity index (χ4v) is 5.85. The Kier molecular flexibility index (Phi) is 3.40. The second-order valence-corrected chi connectivity index (χ2v) is 8.19. The Labute approximate surface area is 127 Å². The Bertz CT molecular complexity index is 383. The first kappa shape index (κ1) is 13.9. The van der Waals surface area contributed by atoms with E-state index in [1.165, 1.54) is 44.9 Å². The van der Waals surface area contributed by atoms with Crippen LogP contribution in [0.3, 0.4) is 0 Å². The van der Waals surface area contributed by atoms with Crippen molar-refractivity contribution in [3.8, 4) is 0 Å². The van der Waals surface area contributed by atoms with Crippen molar-refractivity contribution in [3.63, 3.8) is 0 Å². The van der Waals surface area contributed by atoms with Crippen molar-refractivity contribution in [2.75, 3.05) is 13.1 Å². The van der Waals surface area contributed by atoms with E-state index in [0.717, 1.165) is 30.6 Å². The summed E-state index contributed by atoms with van der Waals surface area (Å²) in [6.45, 7) is 1.29. The number of urea groups is 1. The summed E-state index contributed by atoms with van der Waals surface area (Å²) < 4.78 is 0. The van der Waals surface area contributed by atoms with Gasteiger partial charge in [0.25, 0.3) is 0 Å². The zero-order valence-corrected chi connectivity index (χ0v) is 13.0. The molecule has 4 nitrogen and oxygen atoms in total. The Morgan fingerprint density at radius 3 is 2.10 bits per heavy atom. The van der Waals surface area contributed by atoms with Gasteiger partial charge >= 0.3 is 6.03 Å². The second-order valence-electron chi connectivity index (χ2n) is 8.19. The molecule has 4 heteroatoms. The van der Waals surface area contributed by atoms with Crippen LogP contribution in [0.2, 0.25) is 0 Å². The molecular weight excluding hydrogens is 262 g/mol. The Balaban J connectivity index is 1.45. The maximum atomic E-state index is 12.8. The van der Waals surface area contributed by atoms with Gasteiger partial charge in [0.1, 0.15) is 0 Å². The number of nitrogens with two attached hydrogens (primary N) is 1. The third kappa shape index (κ3) is 2.45. The molecule has 0 radical (unpaired) electrons. The second kappa shape index (κ2) is 5.15. The van der Waals surface area contributed by atoms with Gasteiger partial charge < -0.3 is 16.0 Å². The number of hydrogen-bond donors (Lipinski definition) is 2. The Morgan fingerprint density at radius 1 is 1.10 bits per heavy atom. The van der Waals surface area contributed by atoms with Crippen molar-refractivity contribution < 1.29 is 4.79 Å². The molecule has 0 atom stereocenters. The molecule has 4 bridgehead atoms. The van der Waals surface area contributed by atoms with Crippen molar-refractivity contribution in [1.29, 1.82) is 0 Å². The number of carbonyl (C=O) groups is 1. The number of amides is 2. The summed E-state index contributed by atoms with van der Waals surface area (Å²) in [5.41, 5.74) is 5.85. The maximum Gasteiger partial charge on any atom is 0.318 e. The van der Waals surface area contributed by atoms with E-state index in [2.05, 4.69) is 5.32 Å². The van der Waals surface area contributed by atoms with E-state index in [1.807, 2.05) is 4.90 Å². The first-order valence-electron chi connectivity index (χ1n) is 8.96. The van der Waals surface area contributed by atoms with Gasteiger partial charge in [0.15, 0.2) is 0 Å². The summed E-state index contributed by atoms with van der Waals surface area (Å²) in [5, 5.41) is 3.49. The summed E-state index contributed by atoms with van der Waals surface area (Å²) in [6, 6.07) is 0.620. The number of hydrogen-bond acceptors (Lipinski definition) is 2. The van der Waals surface area contributed by atoms with Gasteiger partial charge in [-0.3, -0.25) is 0 Å². The van der Waals surface area contributed by atoms with Crippen LogP contribution >= 0.6 is 0 Å². The number of nitrogens with one attached hydrogen (secondary N) is 1. The van der Waals surface area contributed by atoms with Gasteiger partial charge in [0, 0.05) is 24.7 Å². The molecule has 5 fully saturated rings. The van der Waals surface area contributed by atoms with E-state index in [0.29, 0.717) is 19.1 Å². The molecule has 118 valence electrons. The lowest BCUT2D eigenvalue weighted by molar-refractivity contribution is -0.0171. The van der Waals surface area contributed by atoms with E-state index in [-0.39, 0.29) is 11.6 Å². The molecule has 0 heterocycles. The van der Waals surface area contributed by atoms with Crippen LogP contribution in [0, 0.1) is 17.8 Å². The zero-order chi connectivity index (χ0) is 14.4. The lowest BCUT2D eigenvalue weighted by atomic mass is 9.53. The highest BCUT2D eigenvalue weighted by Gasteiger charge is 2.52. The SMILES string of the molecule is NCCN(C(=O)NC12CC3CC(CC(C3)C1)C2)C1CCC1. The van der Waals surface area contributed by atoms with Gasteiger partial charge in [-0.1, -0.05) is 0 Å². The average molecular weight is 291 g/mol. The van der Waals surface area contributed by atoms with Crippen molar-refractivity contribution in [1.82, 2.24) is 10.2 Å². The lowest BCUT2D eigenvalue weighted by Crippen LogP contribution is -2.63. The molecule has 0 aromatic heterocycles. The number of carbonyl (C=O) groups excluding carboxylic acids is 1. The lowest BCUT2D eigenvalue weighted by Gasteiger charge is -2.57. The smallest absolute Gasteiger partial charge is 0.318 e. The molecule has 0 saturated heterocycles. The molecule has 0 aromatic rings. The monoisotopic (exact) mass is 291 g/mol. The zero-order valence-electron chi connectivity index (χ0n) is 13.0. The van der Waals surface area contributed by atoms with Crippen molar-refractivity contribution in [2.45, 2.75) is 69.4 Å². The molecule has 5 rings (SSSR count). The average Bonchev–Trinajstić information content (AvgIpc) is 2.33. The Hall–Kier alpha value is -0.770. The van der Waals surface area contributed by atoms with Gasteiger partial charge in [-0.15, -0.1) is 0 Å². The van der Waals surface area contributed by atoms with E-state index < -0.39 is 0 Å². The molecule has 21 heavy (non-hydrogen) atoms. The summed E-state index contributed by atoms with van der Waals surface area (Å²) in [6.07, 6.45) is 11.5. The molecule has 2 amide bonds. The topological polar surface area (TPSA) is 58.4 Å². The molecule has 0 aliphatic heterocycles. The van der Waals surface area contributed by atoms with Crippen molar-refractivity contribution in [3.05, 3.63) is 0 Å². The fraction of sp³-hybridized carbons (Fsp3) is 0.941. The molecule has 5 aliphatic rings. The maximum absolute atomic E-state index is 12.8. The summed E-state index contributed by atoms with van der Waals surface area (Å²) in [7, 11) is 0. The van der Waals surface area contributed by atoms with Gasteiger partial charge in [0.05, 0.1) is 0 Å². The van der Waals surface area contributed by atoms with Gasteiger partial charge in [-0.25, -0.2) is 4.79 Å². The molecular formula is C17H29N3O. The third-order valence-corrected chi connectivity index (χ3v) is 6.56. The minimum Gasteiger partial charge on any atom is -0.333 e. The predicted molar refractivity (Wildman–Crippen MR) is 82.8 cm³/mol. The fourth-order valence-electron chi connectivity index (χ4n) is 5.85. The molecule has 0 aromatic carbocycles. The largest absolute Gasteiger partial charge is 0.333 e. The van der Waals surface area contributed by atoms with E-state index in [1.54, 1.807) is 0 Å². The number of rotatable bonds is 4. The minimum absolute atomic E-state index is 0.127. The van der Waals surface area contributed by atoms with E-state index >= 15 is 0 Å². The normalized spacial score (nSPS) is 40.9. The van der Waals surface area contributed by atoms with Crippen LogP contribution in [0.25, 0.3) is 0 Å². The molecule has 3 N–H and O–H groups in total. The van der Waals surface area contributed by atoms with Gasteiger partial charge in [-0.05, 0) is 75.5 Å². The van der Waals surface area contributed by atoms with Crippen LogP contribution in [0.15, 0.2) is 0 Å². The van der Waals surface area contributed by atoms with Crippen LogP contribution in [-0.2, 0) is 0 Å².